The predicted octanol–water partition coefficient (Wildman–Crippen LogP) is 3.30. The minimum atomic E-state index is -3.94. The highest BCUT2D eigenvalue weighted by Crippen LogP contribution is 2.48. The van der Waals surface area contributed by atoms with Crippen molar-refractivity contribution in [2.75, 3.05) is 0 Å². The van der Waals surface area contributed by atoms with E-state index in [-0.39, 0.29) is 35.6 Å². The van der Waals surface area contributed by atoms with Crippen LogP contribution in [0.2, 0.25) is 5.02 Å². The molecule has 3 rings (SSSR count). The molecule has 0 atom stereocenters. The van der Waals surface area contributed by atoms with E-state index in [1.165, 1.54) is 42.5 Å². The Kier molecular flexibility index (Phi) is 4.72. The number of para-hydroxylation sites is 1. The predicted molar refractivity (Wildman–Crippen MR) is 93.5 cm³/mol. The largest absolute Gasteiger partial charge is 0.459 e. The molecule has 0 spiro atoms. The van der Waals surface area contributed by atoms with E-state index < -0.39 is 25.5 Å². The van der Waals surface area contributed by atoms with Crippen molar-refractivity contribution in [1.29, 1.82) is 0 Å². The van der Waals surface area contributed by atoms with Crippen LogP contribution in [-0.4, -0.2) is 24.1 Å². The molecule has 0 amide bonds. The van der Waals surface area contributed by atoms with Gasteiger partial charge >= 0.3 is 5.97 Å². The van der Waals surface area contributed by atoms with E-state index in [0.717, 1.165) is 0 Å². The van der Waals surface area contributed by atoms with Crippen LogP contribution in [0.15, 0.2) is 53.4 Å². The van der Waals surface area contributed by atoms with Gasteiger partial charge in [0.1, 0.15) is 6.61 Å². The standard InChI is InChI=1S/C17H14ClNO6S/c18-13-5-7-14(8-6-13)26(23,24)17(9-10-17)16(20)25-11-12-3-1-2-4-15(12)19(21)22/h1-8H,9-11H2. The summed E-state index contributed by atoms with van der Waals surface area (Å²) in [5.74, 6) is -0.898. The van der Waals surface area contributed by atoms with Crippen LogP contribution in [0, 0.1) is 10.1 Å². The fraction of sp³-hybridized carbons (Fsp3) is 0.235. The van der Waals surface area contributed by atoms with E-state index in [9.17, 15) is 23.3 Å². The van der Waals surface area contributed by atoms with Gasteiger partial charge in [-0.2, -0.15) is 0 Å². The van der Waals surface area contributed by atoms with Gasteiger partial charge in [-0.1, -0.05) is 23.7 Å². The van der Waals surface area contributed by atoms with Crippen LogP contribution in [0.4, 0.5) is 5.69 Å². The number of nitrogens with zero attached hydrogens (tertiary/aromatic N) is 1. The first-order valence-electron chi connectivity index (χ1n) is 7.68. The summed E-state index contributed by atoms with van der Waals surface area (Å²) in [6.07, 6.45) is 0.293. The molecule has 0 unspecified atom stereocenters. The number of ether oxygens (including phenoxy) is 1. The molecule has 2 aromatic rings. The monoisotopic (exact) mass is 395 g/mol. The van der Waals surface area contributed by atoms with Crippen LogP contribution in [0.3, 0.4) is 0 Å². The van der Waals surface area contributed by atoms with E-state index in [1.54, 1.807) is 6.07 Å². The summed E-state index contributed by atoms with van der Waals surface area (Å²) in [4.78, 5) is 22.9. The quantitative estimate of drug-likeness (QED) is 0.422. The van der Waals surface area contributed by atoms with Gasteiger partial charge in [-0.15, -0.1) is 0 Å². The molecule has 0 saturated heterocycles. The Morgan fingerprint density at radius 3 is 2.35 bits per heavy atom. The van der Waals surface area contributed by atoms with Crippen molar-refractivity contribution in [1.82, 2.24) is 0 Å². The molecular weight excluding hydrogens is 382 g/mol. The number of nitro groups is 1. The molecule has 2 aromatic carbocycles. The molecule has 1 fully saturated rings. The molecule has 0 radical (unpaired) electrons. The third kappa shape index (κ3) is 3.17. The maximum Gasteiger partial charge on any atom is 0.328 e. The Morgan fingerprint density at radius 1 is 1.15 bits per heavy atom. The van der Waals surface area contributed by atoms with Crippen molar-refractivity contribution in [2.24, 2.45) is 0 Å². The Morgan fingerprint density at radius 2 is 1.77 bits per heavy atom. The smallest absolute Gasteiger partial charge is 0.328 e. The van der Waals surface area contributed by atoms with E-state index in [2.05, 4.69) is 0 Å². The molecule has 0 bridgehead atoms. The topological polar surface area (TPSA) is 104 Å². The number of benzene rings is 2. The second kappa shape index (κ2) is 6.69. The zero-order valence-electron chi connectivity index (χ0n) is 13.4. The number of hydrogen-bond acceptors (Lipinski definition) is 6. The molecule has 7 nitrogen and oxygen atoms in total. The fourth-order valence-corrected chi connectivity index (χ4v) is 4.61. The third-order valence-corrected chi connectivity index (χ3v) is 7.01. The van der Waals surface area contributed by atoms with Gasteiger partial charge in [0.2, 0.25) is 0 Å². The maximum atomic E-state index is 12.8. The molecule has 1 aliphatic rings. The summed E-state index contributed by atoms with van der Waals surface area (Å²) in [7, 11) is -3.94. The van der Waals surface area contributed by atoms with Gasteiger partial charge in [-0.3, -0.25) is 14.9 Å². The summed E-state index contributed by atoms with van der Waals surface area (Å²) >= 11 is 5.77. The first kappa shape index (κ1) is 18.3. The molecule has 0 aromatic heterocycles. The zero-order valence-corrected chi connectivity index (χ0v) is 15.0. The van der Waals surface area contributed by atoms with E-state index >= 15 is 0 Å². The second-order valence-corrected chi connectivity index (χ2v) is 8.61. The zero-order chi connectivity index (χ0) is 18.9. The summed E-state index contributed by atoms with van der Waals surface area (Å²) < 4.78 is 29.1. The van der Waals surface area contributed by atoms with Gasteiger partial charge in [-0.25, -0.2) is 8.42 Å². The number of sulfone groups is 1. The number of carbonyl (C=O) groups is 1. The highest BCUT2D eigenvalue weighted by molar-refractivity contribution is 7.94. The van der Waals surface area contributed by atoms with Crippen LogP contribution >= 0.6 is 11.6 Å². The number of halogens is 1. The van der Waals surface area contributed by atoms with Crippen molar-refractivity contribution in [3.8, 4) is 0 Å². The van der Waals surface area contributed by atoms with Crippen LogP contribution in [0.5, 0.6) is 0 Å². The molecule has 0 aliphatic heterocycles. The summed E-state index contributed by atoms with van der Waals surface area (Å²) in [6.45, 7) is -0.367. The lowest BCUT2D eigenvalue weighted by Gasteiger charge is -2.15. The third-order valence-electron chi connectivity index (χ3n) is 4.26. The Balaban J connectivity index is 1.80. The summed E-state index contributed by atoms with van der Waals surface area (Å²) in [6, 6.07) is 11.4. The SMILES string of the molecule is O=C(OCc1ccccc1[N+](=O)[O-])C1(S(=O)(=O)c2ccc(Cl)cc2)CC1. The number of esters is 1. The van der Waals surface area contributed by atoms with Crippen molar-refractivity contribution in [2.45, 2.75) is 29.1 Å². The van der Waals surface area contributed by atoms with Gasteiger partial charge in [0, 0.05) is 11.1 Å². The summed E-state index contributed by atoms with van der Waals surface area (Å²) in [5.41, 5.74) is 0.0104. The van der Waals surface area contributed by atoms with Crippen molar-refractivity contribution >= 4 is 33.1 Å². The number of carbonyl (C=O) groups excluding carboxylic acids is 1. The molecule has 1 saturated carbocycles. The van der Waals surface area contributed by atoms with Crippen LogP contribution < -0.4 is 0 Å². The van der Waals surface area contributed by atoms with Gasteiger partial charge < -0.3 is 4.74 Å². The first-order chi connectivity index (χ1) is 12.3. The molecular formula is C17H14ClNO6S. The van der Waals surface area contributed by atoms with Crippen LogP contribution in [-0.2, 0) is 26.0 Å². The second-order valence-electron chi connectivity index (χ2n) is 5.91. The van der Waals surface area contributed by atoms with Crippen molar-refractivity contribution < 1.29 is 22.9 Å². The molecule has 26 heavy (non-hydrogen) atoms. The normalized spacial score (nSPS) is 15.3. The molecule has 1 aliphatic carbocycles. The highest BCUT2D eigenvalue weighted by Gasteiger charge is 2.62. The maximum absolute atomic E-state index is 12.8. The first-order valence-corrected chi connectivity index (χ1v) is 9.54. The molecule has 0 N–H and O–H groups in total. The minimum absolute atomic E-state index is 0.0120. The van der Waals surface area contributed by atoms with E-state index in [4.69, 9.17) is 16.3 Å². The van der Waals surface area contributed by atoms with E-state index in [0.29, 0.717) is 5.02 Å². The average molecular weight is 396 g/mol. The molecule has 9 heteroatoms. The Labute approximate surface area is 154 Å². The summed E-state index contributed by atoms with van der Waals surface area (Å²) in [5, 5.41) is 11.4. The van der Waals surface area contributed by atoms with E-state index in [1.807, 2.05) is 0 Å². The van der Waals surface area contributed by atoms with Gasteiger partial charge in [-0.05, 0) is 43.2 Å². The van der Waals surface area contributed by atoms with Gasteiger partial charge in [0.15, 0.2) is 14.6 Å². The lowest BCUT2D eigenvalue weighted by atomic mass is 10.2. The van der Waals surface area contributed by atoms with Crippen LogP contribution in [0.1, 0.15) is 18.4 Å². The van der Waals surface area contributed by atoms with Crippen molar-refractivity contribution in [3.05, 3.63) is 69.2 Å². The average Bonchev–Trinajstić information content (AvgIpc) is 3.42. The van der Waals surface area contributed by atoms with Gasteiger partial charge in [0.05, 0.1) is 15.4 Å². The minimum Gasteiger partial charge on any atom is -0.459 e. The number of nitro benzene ring substituents is 1. The lowest BCUT2D eigenvalue weighted by Crippen LogP contribution is -2.34. The number of hydrogen-bond donors (Lipinski definition) is 0. The lowest BCUT2D eigenvalue weighted by molar-refractivity contribution is -0.385. The molecule has 136 valence electrons. The molecule has 0 heterocycles. The van der Waals surface area contributed by atoms with Gasteiger partial charge in [0.25, 0.3) is 5.69 Å². The Bertz CT molecular complexity index is 967. The Hall–Kier alpha value is -2.45. The highest BCUT2D eigenvalue weighted by atomic mass is 35.5. The number of rotatable bonds is 6. The van der Waals surface area contributed by atoms with Crippen LogP contribution in [0.25, 0.3) is 0 Å². The van der Waals surface area contributed by atoms with Crippen molar-refractivity contribution in [3.63, 3.8) is 0 Å². The fourth-order valence-electron chi connectivity index (χ4n) is 2.62.